The quantitative estimate of drug-likeness (QED) is 0.615. The van der Waals surface area contributed by atoms with Crippen molar-refractivity contribution < 1.29 is 8.91 Å². The molecule has 106 valence electrons. The fourth-order valence-electron chi connectivity index (χ4n) is 1.71. The second kappa shape index (κ2) is 6.41. The molecule has 3 aromatic rings. The molecule has 0 saturated heterocycles. The van der Waals surface area contributed by atoms with Gasteiger partial charge in [-0.3, -0.25) is 0 Å². The number of hydrogen-bond donors (Lipinski definition) is 0. The molecule has 0 atom stereocenters. The summed E-state index contributed by atoms with van der Waals surface area (Å²) < 4.78 is 19.1. The first-order valence-electron chi connectivity index (χ1n) is 6.17. The van der Waals surface area contributed by atoms with Gasteiger partial charge >= 0.3 is 0 Å². The highest BCUT2D eigenvalue weighted by Crippen LogP contribution is 2.25. The van der Waals surface area contributed by atoms with Crippen LogP contribution in [0.2, 0.25) is 0 Å². The fourth-order valence-corrected chi connectivity index (χ4v) is 2.71. The highest BCUT2D eigenvalue weighted by molar-refractivity contribution is 9.10. The molecule has 0 aliphatic heterocycles. The number of rotatable bonds is 4. The Labute approximate surface area is 133 Å². The van der Waals surface area contributed by atoms with Gasteiger partial charge < -0.3 is 4.52 Å². The lowest BCUT2D eigenvalue weighted by Crippen LogP contribution is -1.83. The topological polar surface area (TPSA) is 38.9 Å². The molecule has 0 bridgehead atoms. The van der Waals surface area contributed by atoms with Crippen LogP contribution in [0.4, 0.5) is 4.39 Å². The number of nitrogens with zero attached hydrogens (tertiary/aromatic N) is 2. The van der Waals surface area contributed by atoms with E-state index in [0.29, 0.717) is 17.5 Å². The molecular formula is C15H10BrFN2OS. The molecule has 0 aliphatic carbocycles. The standard InChI is InChI=1S/C15H10BrFN2OS/c16-11-3-7-13(8-4-11)21-9-14-18-15(19-20-14)10-1-5-12(17)6-2-10/h1-8H,9H2. The van der Waals surface area contributed by atoms with E-state index in [1.54, 1.807) is 23.9 Å². The zero-order valence-corrected chi connectivity index (χ0v) is 13.2. The van der Waals surface area contributed by atoms with E-state index in [0.717, 1.165) is 14.9 Å². The van der Waals surface area contributed by atoms with Crippen LogP contribution in [0.5, 0.6) is 0 Å². The highest BCUT2D eigenvalue weighted by atomic mass is 79.9. The van der Waals surface area contributed by atoms with Crippen LogP contribution < -0.4 is 0 Å². The number of halogens is 2. The van der Waals surface area contributed by atoms with E-state index in [1.165, 1.54) is 12.1 Å². The van der Waals surface area contributed by atoms with E-state index < -0.39 is 0 Å². The van der Waals surface area contributed by atoms with E-state index in [4.69, 9.17) is 4.52 Å². The first-order valence-corrected chi connectivity index (χ1v) is 7.95. The Morgan fingerprint density at radius 2 is 1.76 bits per heavy atom. The van der Waals surface area contributed by atoms with Crippen molar-refractivity contribution in [2.75, 3.05) is 0 Å². The summed E-state index contributed by atoms with van der Waals surface area (Å²) in [6.45, 7) is 0. The van der Waals surface area contributed by atoms with Crippen LogP contribution in [-0.4, -0.2) is 10.1 Å². The molecule has 0 saturated carbocycles. The molecule has 0 aliphatic rings. The van der Waals surface area contributed by atoms with E-state index in [1.807, 2.05) is 24.3 Å². The van der Waals surface area contributed by atoms with E-state index >= 15 is 0 Å². The van der Waals surface area contributed by atoms with Gasteiger partial charge in [-0.2, -0.15) is 4.98 Å². The van der Waals surface area contributed by atoms with Gasteiger partial charge in [-0.1, -0.05) is 21.1 Å². The van der Waals surface area contributed by atoms with Crippen molar-refractivity contribution in [2.45, 2.75) is 10.6 Å². The second-order valence-electron chi connectivity index (χ2n) is 4.26. The summed E-state index contributed by atoms with van der Waals surface area (Å²) in [5.41, 5.74) is 0.736. The molecular weight excluding hydrogens is 355 g/mol. The lowest BCUT2D eigenvalue weighted by Gasteiger charge is -1.97. The average Bonchev–Trinajstić information content (AvgIpc) is 2.96. The number of benzene rings is 2. The average molecular weight is 365 g/mol. The van der Waals surface area contributed by atoms with Gasteiger partial charge in [-0.15, -0.1) is 11.8 Å². The van der Waals surface area contributed by atoms with Gasteiger partial charge in [0, 0.05) is 14.9 Å². The van der Waals surface area contributed by atoms with E-state index in [-0.39, 0.29) is 5.82 Å². The molecule has 0 radical (unpaired) electrons. The summed E-state index contributed by atoms with van der Waals surface area (Å²) in [6, 6.07) is 14.0. The molecule has 1 aromatic heterocycles. The van der Waals surface area contributed by atoms with Gasteiger partial charge in [0.1, 0.15) is 5.82 Å². The van der Waals surface area contributed by atoms with Crippen molar-refractivity contribution in [1.29, 1.82) is 0 Å². The lowest BCUT2D eigenvalue weighted by molar-refractivity contribution is 0.391. The minimum absolute atomic E-state index is 0.284. The number of hydrogen-bond acceptors (Lipinski definition) is 4. The zero-order valence-electron chi connectivity index (χ0n) is 10.8. The summed E-state index contributed by atoms with van der Waals surface area (Å²) in [4.78, 5) is 5.44. The summed E-state index contributed by atoms with van der Waals surface area (Å²) in [7, 11) is 0. The van der Waals surface area contributed by atoms with Crippen LogP contribution in [0.3, 0.4) is 0 Å². The van der Waals surface area contributed by atoms with Crippen molar-refractivity contribution in [2.24, 2.45) is 0 Å². The molecule has 0 N–H and O–H groups in total. The molecule has 0 spiro atoms. The Kier molecular flexibility index (Phi) is 4.36. The number of thioether (sulfide) groups is 1. The molecule has 6 heteroatoms. The van der Waals surface area contributed by atoms with Crippen LogP contribution in [0, 0.1) is 5.82 Å². The molecule has 0 unspecified atom stereocenters. The highest BCUT2D eigenvalue weighted by Gasteiger charge is 2.09. The minimum Gasteiger partial charge on any atom is -0.338 e. The van der Waals surface area contributed by atoms with E-state index in [9.17, 15) is 4.39 Å². The molecule has 0 fully saturated rings. The fraction of sp³-hybridized carbons (Fsp3) is 0.0667. The first-order chi connectivity index (χ1) is 10.2. The Hall–Kier alpha value is -1.66. The zero-order chi connectivity index (χ0) is 14.7. The number of aromatic nitrogens is 2. The summed E-state index contributed by atoms with van der Waals surface area (Å²) in [5.74, 6) is 1.33. The van der Waals surface area contributed by atoms with Gasteiger partial charge in [0.2, 0.25) is 11.7 Å². The summed E-state index contributed by atoms with van der Waals surface area (Å²) >= 11 is 5.02. The Morgan fingerprint density at radius 1 is 1.05 bits per heavy atom. The van der Waals surface area contributed by atoms with Crippen LogP contribution in [0.1, 0.15) is 5.89 Å². The summed E-state index contributed by atoms with van der Waals surface area (Å²) in [5, 5.41) is 3.91. The van der Waals surface area contributed by atoms with Crippen molar-refractivity contribution in [3.8, 4) is 11.4 Å². The third-order valence-electron chi connectivity index (χ3n) is 2.75. The van der Waals surface area contributed by atoms with Crippen molar-refractivity contribution in [1.82, 2.24) is 10.1 Å². The predicted octanol–water partition coefficient (Wildman–Crippen LogP) is 4.93. The maximum absolute atomic E-state index is 12.9. The molecule has 3 nitrogen and oxygen atoms in total. The molecule has 21 heavy (non-hydrogen) atoms. The third kappa shape index (κ3) is 3.71. The van der Waals surface area contributed by atoms with Gasteiger partial charge in [0.15, 0.2) is 0 Å². The van der Waals surface area contributed by atoms with E-state index in [2.05, 4.69) is 26.1 Å². The van der Waals surface area contributed by atoms with Crippen molar-refractivity contribution >= 4 is 27.7 Å². The second-order valence-corrected chi connectivity index (χ2v) is 6.23. The lowest BCUT2D eigenvalue weighted by atomic mass is 10.2. The Morgan fingerprint density at radius 3 is 2.48 bits per heavy atom. The van der Waals surface area contributed by atoms with Gasteiger partial charge in [0.05, 0.1) is 5.75 Å². The van der Waals surface area contributed by atoms with Gasteiger partial charge in [-0.05, 0) is 48.5 Å². The monoisotopic (exact) mass is 364 g/mol. The van der Waals surface area contributed by atoms with Gasteiger partial charge in [0.25, 0.3) is 0 Å². The third-order valence-corrected chi connectivity index (χ3v) is 4.27. The van der Waals surface area contributed by atoms with Crippen LogP contribution in [0.25, 0.3) is 11.4 Å². The molecule has 3 rings (SSSR count). The maximum Gasteiger partial charge on any atom is 0.237 e. The van der Waals surface area contributed by atoms with Gasteiger partial charge in [-0.25, -0.2) is 4.39 Å². The van der Waals surface area contributed by atoms with Crippen molar-refractivity contribution in [3.63, 3.8) is 0 Å². The van der Waals surface area contributed by atoms with Crippen LogP contribution >= 0.6 is 27.7 Å². The minimum atomic E-state index is -0.284. The Bertz CT molecular complexity index is 728. The first kappa shape index (κ1) is 14.3. The van der Waals surface area contributed by atoms with Crippen LogP contribution in [-0.2, 0) is 5.75 Å². The SMILES string of the molecule is Fc1ccc(-c2noc(CSc3ccc(Br)cc3)n2)cc1. The Balaban J connectivity index is 1.67. The summed E-state index contributed by atoms with van der Waals surface area (Å²) in [6.07, 6.45) is 0. The predicted molar refractivity (Wildman–Crippen MR) is 83.4 cm³/mol. The molecule has 1 heterocycles. The molecule has 0 amide bonds. The molecule has 2 aromatic carbocycles. The normalized spacial score (nSPS) is 10.8. The maximum atomic E-state index is 12.9. The largest absolute Gasteiger partial charge is 0.338 e. The van der Waals surface area contributed by atoms with Crippen molar-refractivity contribution in [3.05, 3.63) is 64.7 Å². The smallest absolute Gasteiger partial charge is 0.237 e. The van der Waals surface area contributed by atoms with Crippen LogP contribution in [0.15, 0.2) is 62.4 Å².